The third-order valence-electron chi connectivity index (χ3n) is 3.57. The first-order valence-electron chi connectivity index (χ1n) is 6.17. The fourth-order valence-electron chi connectivity index (χ4n) is 2.52. The van der Waals surface area contributed by atoms with Gasteiger partial charge in [-0.1, -0.05) is 12.1 Å². The average molecular weight is 263 g/mol. The van der Waals surface area contributed by atoms with Gasteiger partial charge in [-0.05, 0) is 24.1 Å². The fourth-order valence-corrected chi connectivity index (χ4v) is 2.52. The Morgan fingerprint density at radius 1 is 1.47 bits per heavy atom. The average Bonchev–Trinajstić information content (AvgIpc) is 2.38. The number of hydrogen-bond acceptors (Lipinski definition) is 3. The van der Waals surface area contributed by atoms with Crippen LogP contribution in [-0.4, -0.2) is 30.6 Å². The van der Waals surface area contributed by atoms with E-state index in [0.717, 1.165) is 16.9 Å². The van der Waals surface area contributed by atoms with E-state index in [-0.39, 0.29) is 24.8 Å². The summed E-state index contributed by atoms with van der Waals surface area (Å²) in [6, 6.07) is 5.55. The van der Waals surface area contributed by atoms with E-state index in [1.165, 1.54) is 0 Å². The van der Waals surface area contributed by atoms with E-state index in [0.29, 0.717) is 0 Å². The van der Waals surface area contributed by atoms with Gasteiger partial charge >= 0.3 is 5.97 Å². The molecule has 0 spiro atoms. The van der Waals surface area contributed by atoms with E-state index in [1.54, 1.807) is 7.11 Å². The second-order valence-electron chi connectivity index (χ2n) is 4.79. The highest BCUT2D eigenvalue weighted by Gasteiger charge is 2.35. The van der Waals surface area contributed by atoms with Gasteiger partial charge in [0.2, 0.25) is 5.91 Å². The number of hydrogen-bond donors (Lipinski definition) is 2. The van der Waals surface area contributed by atoms with Crippen LogP contribution in [-0.2, 0) is 9.59 Å². The lowest BCUT2D eigenvalue weighted by molar-refractivity contribution is -0.144. The predicted octanol–water partition coefficient (Wildman–Crippen LogP) is 1.31. The van der Waals surface area contributed by atoms with Crippen molar-refractivity contribution < 1.29 is 19.4 Å². The van der Waals surface area contributed by atoms with E-state index >= 15 is 0 Å². The Balaban J connectivity index is 2.33. The first-order valence-corrected chi connectivity index (χ1v) is 6.17. The standard InChI is InChI=1S/C14H17NO4/c1-8-5-9(3-4-12(8)19-2)10-6-13(16)15-7-11(10)14(17)18/h3-5,10-11H,6-7H2,1-2H3,(H,15,16)(H,17,18). The molecule has 2 rings (SSSR count). The molecule has 2 unspecified atom stereocenters. The van der Waals surface area contributed by atoms with Crippen LogP contribution in [0.5, 0.6) is 5.75 Å². The van der Waals surface area contributed by atoms with Gasteiger partial charge in [0.1, 0.15) is 5.75 Å². The number of methoxy groups -OCH3 is 1. The lowest BCUT2D eigenvalue weighted by Gasteiger charge is -2.29. The lowest BCUT2D eigenvalue weighted by atomic mass is 9.80. The number of carbonyl (C=O) groups excluding carboxylic acids is 1. The van der Waals surface area contributed by atoms with Crippen LogP contribution in [0.15, 0.2) is 18.2 Å². The van der Waals surface area contributed by atoms with Crippen molar-refractivity contribution in [2.24, 2.45) is 5.92 Å². The zero-order valence-electron chi connectivity index (χ0n) is 11.0. The van der Waals surface area contributed by atoms with Crippen LogP contribution in [0.1, 0.15) is 23.5 Å². The summed E-state index contributed by atoms with van der Waals surface area (Å²) < 4.78 is 5.19. The highest BCUT2D eigenvalue weighted by molar-refractivity contribution is 5.82. The Kier molecular flexibility index (Phi) is 3.74. The van der Waals surface area contributed by atoms with Crippen LogP contribution in [0.3, 0.4) is 0 Å². The van der Waals surface area contributed by atoms with Gasteiger partial charge in [-0.15, -0.1) is 0 Å². The minimum atomic E-state index is -0.876. The van der Waals surface area contributed by atoms with E-state index < -0.39 is 11.9 Å². The first-order chi connectivity index (χ1) is 9.02. The van der Waals surface area contributed by atoms with Crippen molar-refractivity contribution >= 4 is 11.9 Å². The molecule has 0 radical (unpaired) electrons. The van der Waals surface area contributed by atoms with Gasteiger partial charge < -0.3 is 15.2 Å². The maximum atomic E-state index is 11.5. The summed E-state index contributed by atoms with van der Waals surface area (Å²) >= 11 is 0. The number of aliphatic carboxylic acids is 1. The summed E-state index contributed by atoms with van der Waals surface area (Å²) in [6.45, 7) is 2.09. The summed E-state index contributed by atoms with van der Waals surface area (Å²) in [5.74, 6) is -1.08. The third kappa shape index (κ3) is 2.70. The monoisotopic (exact) mass is 263 g/mol. The van der Waals surface area contributed by atoms with Gasteiger partial charge in [0.05, 0.1) is 13.0 Å². The fraction of sp³-hybridized carbons (Fsp3) is 0.429. The molecule has 0 saturated carbocycles. The largest absolute Gasteiger partial charge is 0.496 e. The molecule has 1 aliphatic heterocycles. The number of carboxylic acid groups (broad SMARTS) is 1. The summed E-state index contributed by atoms with van der Waals surface area (Å²) in [5, 5.41) is 11.9. The summed E-state index contributed by atoms with van der Waals surface area (Å²) in [4.78, 5) is 22.8. The minimum absolute atomic E-state index is 0.101. The van der Waals surface area contributed by atoms with Crippen molar-refractivity contribution in [2.45, 2.75) is 19.3 Å². The molecule has 5 heteroatoms. The van der Waals surface area contributed by atoms with Gasteiger partial charge in [0.25, 0.3) is 0 Å². The molecule has 102 valence electrons. The van der Waals surface area contributed by atoms with E-state index in [1.807, 2.05) is 25.1 Å². The Hall–Kier alpha value is -2.04. The summed E-state index contributed by atoms with van der Waals surface area (Å²) in [6.07, 6.45) is 0.211. The van der Waals surface area contributed by atoms with E-state index in [4.69, 9.17) is 4.74 Å². The Labute approximate surface area is 111 Å². The molecule has 1 fully saturated rings. The smallest absolute Gasteiger partial charge is 0.308 e. The molecule has 1 amide bonds. The Bertz CT molecular complexity index is 512. The second-order valence-corrected chi connectivity index (χ2v) is 4.79. The molecule has 1 aliphatic rings. The number of aryl methyl sites for hydroxylation is 1. The second kappa shape index (κ2) is 5.30. The van der Waals surface area contributed by atoms with Crippen molar-refractivity contribution in [3.05, 3.63) is 29.3 Å². The maximum absolute atomic E-state index is 11.5. The van der Waals surface area contributed by atoms with Crippen LogP contribution in [0.2, 0.25) is 0 Å². The molecule has 1 aromatic rings. The highest BCUT2D eigenvalue weighted by Crippen LogP contribution is 2.33. The summed E-state index contributed by atoms with van der Waals surface area (Å²) in [7, 11) is 1.59. The van der Waals surface area contributed by atoms with Crippen LogP contribution in [0, 0.1) is 12.8 Å². The lowest BCUT2D eigenvalue weighted by Crippen LogP contribution is -2.43. The van der Waals surface area contributed by atoms with E-state index in [2.05, 4.69) is 5.32 Å². The number of ether oxygens (including phenoxy) is 1. The van der Waals surface area contributed by atoms with Gasteiger partial charge in [-0.25, -0.2) is 0 Å². The minimum Gasteiger partial charge on any atom is -0.496 e. The van der Waals surface area contributed by atoms with Gasteiger partial charge in [0, 0.05) is 18.9 Å². The molecule has 2 N–H and O–H groups in total. The highest BCUT2D eigenvalue weighted by atomic mass is 16.5. The number of amides is 1. The SMILES string of the molecule is COc1ccc(C2CC(=O)NCC2C(=O)O)cc1C. The van der Waals surface area contributed by atoms with Gasteiger partial charge in [-0.2, -0.15) is 0 Å². The van der Waals surface area contributed by atoms with Crippen LogP contribution in [0.4, 0.5) is 0 Å². The number of carbonyl (C=O) groups is 2. The number of carboxylic acids is 1. The molecule has 19 heavy (non-hydrogen) atoms. The molecule has 0 aromatic heterocycles. The molecule has 0 bridgehead atoms. The van der Waals surface area contributed by atoms with Crippen molar-refractivity contribution in [2.75, 3.05) is 13.7 Å². The molecular formula is C14H17NO4. The Morgan fingerprint density at radius 3 is 2.79 bits per heavy atom. The van der Waals surface area contributed by atoms with Crippen molar-refractivity contribution in [1.82, 2.24) is 5.32 Å². The number of benzene rings is 1. The topological polar surface area (TPSA) is 75.6 Å². The zero-order chi connectivity index (χ0) is 14.0. The van der Waals surface area contributed by atoms with Crippen molar-refractivity contribution in [3.63, 3.8) is 0 Å². The number of nitrogens with one attached hydrogen (secondary N) is 1. The molecule has 5 nitrogen and oxygen atoms in total. The third-order valence-corrected chi connectivity index (χ3v) is 3.57. The van der Waals surface area contributed by atoms with Crippen LogP contribution >= 0.6 is 0 Å². The van der Waals surface area contributed by atoms with E-state index in [9.17, 15) is 14.7 Å². The van der Waals surface area contributed by atoms with Crippen molar-refractivity contribution in [1.29, 1.82) is 0 Å². The number of rotatable bonds is 3. The molecule has 1 saturated heterocycles. The molecule has 1 heterocycles. The molecule has 2 atom stereocenters. The van der Waals surface area contributed by atoms with Crippen LogP contribution < -0.4 is 10.1 Å². The molecular weight excluding hydrogens is 246 g/mol. The first kappa shape index (κ1) is 13.4. The maximum Gasteiger partial charge on any atom is 0.308 e. The van der Waals surface area contributed by atoms with Crippen LogP contribution in [0.25, 0.3) is 0 Å². The quantitative estimate of drug-likeness (QED) is 0.862. The van der Waals surface area contributed by atoms with Gasteiger partial charge in [0.15, 0.2) is 0 Å². The zero-order valence-corrected chi connectivity index (χ0v) is 11.0. The number of piperidine rings is 1. The van der Waals surface area contributed by atoms with Crippen molar-refractivity contribution in [3.8, 4) is 5.75 Å². The summed E-state index contributed by atoms with van der Waals surface area (Å²) in [5.41, 5.74) is 1.82. The predicted molar refractivity (Wildman–Crippen MR) is 69.2 cm³/mol. The Morgan fingerprint density at radius 2 is 2.21 bits per heavy atom. The molecule has 1 aromatic carbocycles. The van der Waals surface area contributed by atoms with Gasteiger partial charge in [-0.3, -0.25) is 9.59 Å². The molecule has 0 aliphatic carbocycles. The normalized spacial score (nSPS) is 22.7.